The molecule has 0 aliphatic heterocycles. The normalized spacial score (nSPS) is 10.9. The van der Waals surface area contributed by atoms with Gasteiger partial charge in [0.05, 0.1) is 0 Å². The maximum Gasteiger partial charge on any atom is 0.0379 e. The van der Waals surface area contributed by atoms with Crippen LogP contribution < -0.4 is 0 Å². The fourth-order valence-corrected chi connectivity index (χ4v) is 8.29. The number of hydrogen-bond acceptors (Lipinski definition) is 2. The molecule has 0 fully saturated rings. The van der Waals surface area contributed by atoms with E-state index in [1.165, 1.54) is 28.8 Å². The molecule has 2 nitrogen and oxygen atoms in total. The zero-order valence-electron chi connectivity index (χ0n) is 34.4. The number of nitrogens with zero attached hydrogens (tertiary/aromatic N) is 2. The van der Waals surface area contributed by atoms with Gasteiger partial charge >= 0.3 is 0 Å². The molecule has 0 N–H and O–H groups in total. The van der Waals surface area contributed by atoms with Crippen LogP contribution in [0.25, 0.3) is 100 Å². The molecular formula is C59H39FIrN2-2. The first-order valence-corrected chi connectivity index (χ1v) is 20.7. The van der Waals surface area contributed by atoms with Crippen LogP contribution in [-0.2, 0) is 20.1 Å². The van der Waals surface area contributed by atoms with Crippen molar-refractivity contribution >= 4 is 0 Å². The zero-order valence-corrected chi connectivity index (χ0v) is 36.8. The van der Waals surface area contributed by atoms with Crippen LogP contribution in [0, 0.1) is 24.9 Å². The second kappa shape index (κ2) is 18.3. The number of rotatable bonds is 9. The zero-order chi connectivity index (χ0) is 41.8. The number of hydrogen-bond donors (Lipinski definition) is 0. The Kier molecular flexibility index (Phi) is 11.9. The van der Waals surface area contributed by atoms with E-state index in [1.54, 1.807) is 6.07 Å². The molecule has 0 aliphatic rings. The van der Waals surface area contributed by atoms with Crippen molar-refractivity contribution < 1.29 is 24.5 Å². The van der Waals surface area contributed by atoms with E-state index >= 15 is 0 Å². The van der Waals surface area contributed by atoms with Gasteiger partial charge in [0, 0.05) is 43.9 Å². The third-order valence-corrected chi connectivity index (χ3v) is 11.4. The summed E-state index contributed by atoms with van der Waals surface area (Å²) in [5.41, 5.74) is 20.1. The number of aryl methyl sites for hydroxylation is 1. The van der Waals surface area contributed by atoms with Gasteiger partial charge in [-0.3, -0.25) is 4.39 Å². The van der Waals surface area contributed by atoms with Crippen molar-refractivity contribution in [3.8, 4) is 100 Å². The second-order valence-electron chi connectivity index (χ2n) is 15.4. The summed E-state index contributed by atoms with van der Waals surface area (Å²) in [5, 5.41) is 0. The van der Waals surface area contributed by atoms with E-state index in [-0.39, 0.29) is 25.9 Å². The van der Waals surface area contributed by atoms with E-state index in [0.29, 0.717) is 0 Å². The molecule has 63 heavy (non-hydrogen) atoms. The van der Waals surface area contributed by atoms with Gasteiger partial charge in [0.25, 0.3) is 0 Å². The smallest absolute Gasteiger partial charge is 0.0379 e. The van der Waals surface area contributed by atoms with Crippen molar-refractivity contribution in [1.29, 1.82) is 0 Å². The Hall–Kier alpha value is -7.36. The summed E-state index contributed by atoms with van der Waals surface area (Å²) in [7, 11) is 0. The van der Waals surface area contributed by atoms with Crippen LogP contribution in [0.5, 0.6) is 0 Å². The molecule has 1 radical (unpaired) electrons. The monoisotopic (exact) mass is 987 g/mol. The van der Waals surface area contributed by atoms with Crippen LogP contribution >= 0.6 is 0 Å². The molecule has 0 saturated heterocycles. The molecule has 0 saturated carbocycles. The predicted octanol–water partition coefficient (Wildman–Crippen LogP) is 15.5. The fraction of sp³-hybridized carbons (Fsp3) is 0.0169. The fourth-order valence-electron chi connectivity index (χ4n) is 8.29. The summed E-state index contributed by atoms with van der Waals surface area (Å²) >= 11 is 0. The minimum absolute atomic E-state index is 0. The van der Waals surface area contributed by atoms with E-state index in [9.17, 15) is 4.39 Å². The van der Waals surface area contributed by atoms with Gasteiger partial charge in [0.1, 0.15) is 0 Å². The molecule has 4 heteroatoms. The summed E-state index contributed by atoms with van der Waals surface area (Å²) in [5.74, 6) is -0.316. The van der Waals surface area contributed by atoms with E-state index in [4.69, 9.17) is 9.97 Å². The molecule has 10 aromatic rings. The SMILES string of the molecule is Cc1cc(-c2ccccc2-c2ccc(-c3[c-]cc(F)cc3)nc2)cc(-c2ccccc2-c2cnc(-c3[c-]cccc3)cc2-c2ccc(-c3cccc(-c4ccccc4)c3)cc2)c1.[Ir]. The Morgan fingerprint density at radius 1 is 0.365 bits per heavy atom. The number of pyridine rings is 2. The van der Waals surface area contributed by atoms with Crippen molar-refractivity contribution in [3.63, 3.8) is 0 Å². The van der Waals surface area contributed by atoms with Crippen LogP contribution in [0.1, 0.15) is 5.56 Å². The van der Waals surface area contributed by atoms with E-state index in [1.807, 2.05) is 36.7 Å². The summed E-state index contributed by atoms with van der Waals surface area (Å²) in [6.45, 7) is 2.16. The molecule has 2 heterocycles. The molecule has 0 atom stereocenters. The first kappa shape index (κ1) is 41.0. The van der Waals surface area contributed by atoms with E-state index in [2.05, 4.69) is 183 Å². The van der Waals surface area contributed by atoms with Crippen molar-refractivity contribution in [3.05, 3.63) is 242 Å². The van der Waals surface area contributed by atoms with Crippen LogP contribution in [0.15, 0.2) is 219 Å². The molecule has 0 bridgehead atoms. The topological polar surface area (TPSA) is 25.8 Å². The van der Waals surface area contributed by atoms with Gasteiger partial charge in [-0.2, -0.15) is 0 Å². The molecule has 0 amide bonds. The van der Waals surface area contributed by atoms with Crippen LogP contribution in [0.2, 0.25) is 0 Å². The first-order valence-electron chi connectivity index (χ1n) is 20.7. The summed E-state index contributed by atoms with van der Waals surface area (Å²) in [6, 6.07) is 77.1. The van der Waals surface area contributed by atoms with Gasteiger partial charge in [-0.1, -0.05) is 152 Å². The van der Waals surface area contributed by atoms with Gasteiger partial charge in [0.15, 0.2) is 0 Å². The summed E-state index contributed by atoms with van der Waals surface area (Å²) in [6.07, 6.45) is 3.91. The van der Waals surface area contributed by atoms with Gasteiger partial charge in [-0.15, -0.1) is 65.7 Å². The molecule has 0 unspecified atom stereocenters. The van der Waals surface area contributed by atoms with Crippen molar-refractivity contribution in [2.24, 2.45) is 0 Å². The average Bonchev–Trinajstić information content (AvgIpc) is 3.34. The van der Waals surface area contributed by atoms with Crippen molar-refractivity contribution in [2.75, 3.05) is 0 Å². The maximum atomic E-state index is 13.6. The maximum absolute atomic E-state index is 13.6. The molecule has 0 aliphatic carbocycles. The molecule has 2 aromatic heterocycles. The van der Waals surface area contributed by atoms with Gasteiger partial charge in [-0.05, 0) is 108 Å². The van der Waals surface area contributed by atoms with Crippen LogP contribution in [0.3, 0.4) is 0 Å². The summed E-state index contributed by atoms with van der Waals surface area (Å²) < 4.78 is 13.6. The summed E-state index contributed by atoms with van der Waals surface area (Å²) in [4.78, 5) is 9.80. The van der Waals surface area contributed by atoms with E-state index < -0.39 is 0 Å². The minimum Gasteiger partial charge on any atom is -0.304 e. The van der Waals surface area contributed by atoms with Crippen molar-refractivity contribution in [1.82, 2.24) is 9.97 Å². The van der Waals surface area contributed by atoms with Gasteiger partial charge in [0.2, 0.25) is 0 Å². The third kappa shape index (κ3) is 8.74. The van der Waals surface area contributed by atoms with Crippen LogP contribution in [-0.4, -0.2) is 9.97 Å². The Morgan fingerprint density at radius 3 is 1.57 bits per heavy atom. The largest absolute Gasteiger partial charge is 0.304 e. The molecule has 303 valence electrons. The Labute approximate surface area is 381 Å². The Bertz CT molecular complexity index is 3160. The van der Waals surface area contributed by atoms with Crippen molar-refractivity contribution in [2.45, 2.75) is 6.92 Å². The van der Waals surface area contributed by atoms with Gasteiger partial charge in [-0.25, -0.2) is 0 Å². The minimum atomic E-state index is -0.316. The quantitative estimate of drug-likeness (QED) is 0.135. The second-order valence-corrected chi connectivity index (χ2v) is 15.4. The van der Waals surface area contributed by atoms with Gasteiger partial charge < -0.3 is 9.97 Å². The molecule has 8 aromatic carbocycles. The number of benzene rings is 8. The Balaban J connectivity index is 0.00000504. The first-order chi connectivity index (χ1) is 30.5. The van der Waals surface area contributed by atoms with E-state index in [0.717, 1.165) is 89.3 Å². The Morgan fingerprint density at radius 2 is 0.921 bits per heavy atom. The molecular weight excluding hydrogens is 948 g/mol. The predicted molar refractivity (Wildman–Crippen MR) is 253 cm³/mol. The third-order valence-electron chi connectivity index (χ3n) is 11.4. The average molecular weight is 987 g/mol. The number of halogens is 1. The number of aromatic nitrogens is 2. The molecule has 0 spiro atoms. The standard InChI is InChI=1S/C59H39FN2.Ir/c1-40-33-49(53-20-9-8-19-52(53)48-29-32-58(61-38-48)45-27-30-51(60)31-28-45)36-50(34-40)54-21-10-11-22-55(54)57-39-62-59(44-15-6-3-7-16-44)37-56(57)43-25-23-42(24-26-43)47-18-12-17-46(35-47)41-13-4-2-5-14-41;/h2-15,17-27,29-39H,1H3;/q-2;. The molecule has 10 rings (SSSR count). The van der Waals surface area contributed by atoms with Crippen LogP contribution in [0.4, 0.5) is 4.39 Å².